The zero-order valence-corrected chi connectivity index (χ0v) is 12.1. The molecule has 0 fully saturated rings. The predicted octanol–water partition coefficient (Wildman–Crippen LogP) is 3.94. The highest BCUT2D eigenvalue weighted by Crippen LogP contribution is 2.22. The van der Waals surface area contributed by atoms with E-state index >= 15 is 0 Å². The van der Waals surface area contributed by atoms with E-state index in [1.807, 2.05) is 6.92 Å². The summed E-state index contributed by atoms with van der Waals surface area (Å²) in [5, 5.41) is 0.678. The van der Waals surface area contributed by atoms with Crippen molar-refractivity contribution in [2.24, 2.45) is 0 Å². The fraction of sp³-hybridized carbons (Fsp3) is 0.400. The second kappa shape index (κ2) is 5.53. The van der Waals surface area contributed by atoms with Crippen molar-refractivity contribution in [1.29, 1.82) is 0 Å². The molecule has 1 aromatic heterocycles. The summed E-state index contributed by atoms with van der Waals surface area (Å²) in [4.78, 5) is 5.56. The highest BCUT2D eigenvalue weighted by atomic mass is 32.1. The first kappa shape index (κ1) is 13.1. The lowest BCUT2D eigenvalue weighted by atomic mass is 10.00. The number of aromatic nitrogens is 1. The molecule has 1 heterocycles. The van der Waals surface area contributed by atoms with Gasteiger partial charge in [0.05, 0.1) is 5.69 Å². The Hall–Kier alpha value is -1.35. The van der Waals surface area contributed by atoms with Gasteiger partial charge in [-0.05, 0) is 36.8 Å². The molecule has 0 aliphatic rings. The zero-order chi connectivity index (χ0) is 13.1. The molecule has 2 rings (SSSR count). The molecule has 0 saturated heterocycles. The molecule has 1 aromatic carbocycles. The van der Waals surface area contributed by atoms with Gasteiger partial charge in [0.1, 0.15) is 0 Å². The van der Waals surface area contributed by atoms with Gasteiger partial charge >= 0.3 is 0 Å². The van der Waals surface area contributed by atoms with Crippen LogP contribution in [0.2, 0.25) is 0 Å². The van der Waals surface area contributed by atoms with Crippen LogP contribution in [0.25, 0.3) is 0 Å². The average molecular weight is 260 g/mol. The highest BCUT2D eigenvalue weighted by Gasteiger charge is 2.05. The number of nitrogen functional groups attached to an aromatic ring is 1. The van der Waals surface area contributed by atoms with Crippen molar-refractivity contribution in [1.82, 2.24) is 4.98 Å². The van der Waals surface area contributed by atoms with Crippen molar-refractivity contribution in [3.8, 4) is 0 Å². The van der Waals surface area contributed by atoms with Gasteiger partial charge in [-0.2, -0.15) is 0 Å². The number of nitrogens with zero attached hydrogens (tertiary/aromatic N) is 1. The number of thiazole rings is 1. The maximum absolute atomic E-state index is 5.71. The summed E-state index contributed by atoms with van der Waals surface area (Å²) >= 11 is 1.61. The summed E-state index contributed by atoms with van der Waals surface area (Å²) in [6.45, 7) is 6.47. The maximum Gasteiger partial charge on any atom is 0.180 e. The number of benzene rings is 1. The first-order valence-corrected chi connectivity index (χ1v) is 7.18. The number of hydrogen-bond donors (Lipinski definition) is 1. The molecule has 0 radical (unpaired) electrons. The third kappa shape index (κ3) is 3.10. The van der Waals surface area contributed by atoms with E-state index < -0.39 is 0 Å². The molecule has 2 nitrogen and oxygen atoms in total. The van der Waals surface area contributed by atoms with E-state index in [1.165, 1.54) is 16.0 Å². The van der Waals surface area contributed by atoms with Crippen molar-refractivity contribution < 1.29 is 0 Å². The standard InChI is InChI=1S/C15H20N2S/c1-10(2)13-7-4-12(5-8-13)6-9-14-11(3)17-15(16)18-14/h4-5,7-8,10H,6,9H2,1-3H3,(H2,16,17). The Morgan fingerprint density at radius 2 is 1.83 bits per heavy atom. The van der Waals surface area contributed by atoms with Crippen LogP contribution < -0.4 is 5.73 Å². The Morgan fingerprint density at radius 3 is 2.33 bits per heavy atom. The molecule has 96 valence electrons. The van der Waals surface area contributed by atoms with Gasteiger partial charge in [-0.1, -0.05) is 38.1 Å². The van der Waals surface area contributed by atoms with Crippen LogP contribution in [0.15, 0.2) is 24.3 Å². The van der Waals surface area contributed by atoms with Crippen LogP contribution in [-0.2, 0) is 12.8 Å². The van der Waals surface area contributed by atoms with Crippen molar-refractivity contribution in [3.63, 3.8) is 0 Å². The molecule has 0 amide bonds. The number of aryl methyl sites for hydroxylation is 3. The van der Waals surface area contributed by atoms with Gasteiger partial charge in [0.2, 0.25) is 0 Å². The van der Waals surface area contributed by atoms with E-state index in [2.05, 4.69) is 43.1 Å². The second-order valence-electron chi connectivity index (χ2n) is 4.96. The molecule has 0 aliphatic carbocycles. The number of nitrogens with two attached hydrogens (primary N) is 1. The molecule has 0 spiro atoms. The SMILES string of the molecule is Cc1nc(N)sc1CCc1ccc(C(C)C)cc1. The summed E-state index contributed by atoms with van der Waals surface area (Å²) in [5.41, 5.74) is 9.57. The molecule has 0 saturated carbocycles. The Balaban J connectivity index is 2.00. The van der Waals surface area contributed by atoms with Gasteiger partial charge in [0.15, 0.2) is 5.13 Å². The molecular weight excluding hydrogens is 240 g/mol. The van der Waals surface area contributed by atoms with Crippen LogP contribution in [0.1, 0.15) is 41.5 Å². The van der Waals surface area contributed by atoms with E-state index in [0.29, 0.717) is 11.0 Å². The molecule has 3 heteroatoms. The van der Waals surface area contributed by atoms with Crippen molar-refractivity contribution in [3.05, 3.63) is 46.0 Å². The van der Waals surface area contributed by atoms with Crippen molar-refractivity contribution >= 4 is 16.5 Å². The van der Waals surface area contributed by atoms with Crippen LogP contribution in [-0.4, -0.2) is 4.98 Å². The van der Waals surface area contributed by atoms with E-state index in [0.717, 1.165) is 18.5 Å². The summed E-state index contributed by atoms with van der Waals surface area (Å²) in [7, 11) is 0. The maximum atomic E-state index is 5.71. The average Bonchev–Trinajstić information content (AvgIpc) is 2.66. The van der Waals surface area contributed by atoms with Gasteiger partial charge in [-0.25, -0.2) is 4.98 Å². The lowest BCUT2D eigenvalue weighted by Gasteiger charge is -2.06. The summed E-state index contributed by atoms with van der Waals surface area (Å²) in [6, 6.07) is 8.92. The van der Waals surface area contributed by atoms with Crippen LogP contribution >= 0.6 is 11.3 Å². The fourth-order valence-corrected chi connectivity index (χ4v) is 2.84. The van der Waals surface area contributed by atoms with E-state index in [1.54, 1.807) is 11.3 Å². The lowest BCUT2D eigenvalue weighted by Crippen LogP contribution is -1.93. The second-order valence-corrected chi connectivity index (χ2v) is 6.07. The van der Waals surface area contributed by atoms with Gasteiger partial charge in [-0.3, -0.25) is 0 Å². The van der Waals surface area contributed by atoms with Crippen molar-refractivity contribution in [2.45, 2.75) is 39.5 Å². The van der Waals surface area contributed by atoms with Crippen LogP contribution in [0.5, 0.6) is 0 Å². The minimum absolute atomic E-state index is 0.600. The molecule has 0 aliphatic heterocycles. The molecule has 18 heavy (non-hydrogen) atoms. The fourth-order valence-electron chi connectivity index (χ4n) is 2.01. The topological polar surface area (TPSA) is 38.9 Å². The van der Waals surface area contributed by atoms with Crippen LogP contribution in [0.3, 0.4) is 0 Å². The van der Waals surface area contributed by atoms with Gasteiger partial charge in [0.25, 0.3) is 0 Å². The minimum Gasteiger partial charge on any atom is -0.375 e. The Morgan fingerprint density at radius 1 is 1.17 bits per heavy atom. The zero-order valence-electron chi connectivity index (χ0n) is 11.2. The number of anilines is 1. The molecular formula is C15H20N2S. The third-order valence-electron chi connectivity index (χ3n) is 3.20. The van der Waals surface area contributed by atoms with Crippen LogP contribution in [0.4, 0.5) is 5.13 Å². The first-order chi connectivity index (χ1) is 8.56. The predicted molar refractivity (Wildman–Crippen MR) is 79.2 cm³/mol. The van der Waals surface area contributed by atoms with Crippen molar-refractivity contribution in [2.75, 3.05) is 5.73 Å². The monoisotopic (exact) mass is 260 g/mol. The largest absolute Gasteiger partial charge is 0.375 e. The molecule has 0 bridgehead atoms. The summed E-state index contributed by atoms with van der Waals surface area (Å²) in [6.07, 6.45) is 2.09. The quantitative estimate of drug-likeness (QED) is 0.904. The lowest BCUT2D eigenvalue weighted by molar-refractivity contribution is 0.863. The summed E-state index contributed by atoms with van der Waals surface area (Å²) < 4.78 is 0. The first-order valence-electron chi connectivity index (χ1n) is 6.37. The Kier molecular flexibility index (Phi) is 4.02. The molecule has 2 aromatic rings. The van der Waals surface area contributed by atoms with E-state index in [4.69, 9.17) is 5.73 Å². The van der Waals surface area contributed by atoms with Gasteiger partial charge in [0, 0.05) is 4.88 Å². The molecule has 2 N–H and O–H groups in total. The number of hydrogen-bond acceptors (Lipinski definition) is 3. The normalized spacial score (nSPS) is 11.1. The summed E-state index contributed by atoms with van der Waals surface area (Å²) in [5.74, 6) is 0.600. The van der Waals surface area contributed by atoms with E-state index in [-0.39, 0.29) is 0 Å². The smallest absolute Gasteiger partial charge is 0.180 e. The molecule has 0 atom stereocenters. The highest BCUT2D eigenvalue weighted by molar-refractivity contribution is 7.15. The minimum atomic E-state index is 0.600. The Bertz CT molecular complexity index is 512. The van der Waals surface area contributed by atoms with Crippen LogP contribution in [0, 0.1) is 6.92 Å². The van der Waals surface area contributed by atoms with Gasteiger partial charge in [-0.15, -0.1) is 11.3 Å². The van der Waals surface area contributed by atoms with E-state index in [9.17, 15) is 0 Å². The number of rotatable bonds is 4. The third-order valence-corrected chi connectivity index (χ3v) is 4.24. The molecule has 0 unspecified atom stereocenters. The van der Waals surface area contributed by atoms with Gasteiger partial charge < -0.3 is 5.73 Å². The Labute approximate surface area is 113 Å².